The fourth-order valence-electron chi connectivity index (χ4n) is 1.27. The smallest absolute Gasteiger partial charge is 0.143 e. The van der Waals surface area contributed by atoms with E-state index in [-0.39, 0.29) is 5.92 Å². The number of para-hydroxylation sites is 1. The Labute approximate surface area is 83.0 Å². The molecule has 0 bridgehead atoms. The lowest BCUT2D eigenvalue weighted by Gasteiger charge is -2.03. The minimum absolute atomic E-state index is 0.0281. The summed E-state index contributed by atoms with van der Waals surface area (Å²) in [7, 11) is 0. The van der Waals surface area contributed by atoms with Crippen LogP contribution in [0.15, 0.2) is 30.5 Å². The van der Waals surface area contributed by atoms with Crippen LogP contribution in [0.3, 0.4) is 0 Å². The van der Waals surface area contributed by atoms with Crippen LogP contribution in [0.25, 0.3) is 10.9 Å². The Balaban J connectivity index is 2.58. The first-order valence-corrected chi connectivity index (χ1v) is 4.49. The third kappa shape index (κ3) is 1.45. The van der Waals surface area contributed by atoms with Crippen LogP contribution in [-0.2, 0) is 0 Å². The maximum Gasteiger partial charge on any atom is 0.143 e. The molecule has 0 fully saturated rings. The van der Waals surface area contributed by atoms with E-state index in [2.05, 4.69) is 15.9 Å². The van der Waals surface area contributed by atoms with Crippen molar-refractivity contribution in [2.45, 2.75) is 12.8 Å². The summed E-state index contributed by atoms with van der Waals surface area (Å²) in [5, 5.41) is 1.04. The molecule has 0 saturated heterocycles. The standard InChI is InChI=1S/C12H10N2/c1-3-9(2)12-13-8-10-6-4-5-7-11(10)14-12/h1,4-9H,2H3. The second kappa shape index (κ2) is 3.47. The summed E-state index contributed by atoms with van der Waals surface area (Å²) in [4.78, 5) is 8.62. The Bertz CT molecular complexity index is 497. The van der Waals surface area contributed by atoms with Gasteiger partial charge in [-0.2, -0.15) is 0 Å². The van der Waals surface area contributed by atoms with Gasteiger partial charge in [-0.15, -0.1) is 6.42 Å². The highest BCUT2D eigenvalue weighted by molar-refractivity contribution is 5.77. The molecule has 1 unspecified atom stereocenters. The summed E-state index contributed by atoms with van der Waals surface area (Å²) >= 11 is 0. The molecule has 14 heavy (non-hydrogen) atoms. The van der Waals surface area contributed by atoms with Crippen LogP contribution in [0.5, 0.6) is 0 Å². The van der Waals surface area contributed by atoms with Gasteiger partial charge < -0.3 is 0 Å². The molecule has 2 aromatic rings. The van der Waals surface area contributed by atoms with Crippen molar-refractivity contribution in [3.63, 3.8) is 0 Å². The molecule has 1 aromatic carbocycles. The number of rotatable bonds is 1. The van der Waals surface area contributed by atoms with E-state index in [0.29, 0.717) is 5.82 Å². The zero-order chi connectivity index (χ0) is 9.97. The van der Waals surface area contributed by atoms with E-state index >= 15 is 0 Å². The van der Waals surface area contributed by atoms with Crippen molar-refractivity contribution in [3.05, 3.63) is 36.3 Å². The van der Waals surface area contributed by atoms with Crippen LogP contribution in [0.1, 0.15) is 18.7 Å². The monoisotopic (exact) mass is 182 g/mol. The molecule has 1 aromatic heterocycles. The van der Waals surface area contributed by atoms with Crippen molar-refractivity contribution in [2.75, 3.05) is 0 Å². The molecule has 0 aliphatic carbocycles. The first-order valence-electron chi connectivity index (χ1n) is 4.49. The van der Waals surface area contributed by atoms with Gasteiger partial charge in [0.05, 0.1) is 11.4 Å². The molecule has 0 saturated carbocycles. The molecule has 1 atom stereocenters. The average Bonchev–Trinajstić information content (AvgIpc) is 2.27. The molecule has 68 valence electrons. The first-order chi connectivity index (χ1) is 6.81. The van der Waals surface area contributed by atoms with Gasteiger partial charge in [0.15, 0.2) is 0 Å². The Morgan fingerprint density at radius 3 is 2.93 bits per heavy atom. The molecule has 2 nitrogen and oxygen atoms in total. The van der Waals surface area contributed by atoms with Gasteiger partial charge in [-0.25, -0.2) is 9.97 Å². The predicted octanol–water partition coefficient (Wildman–Crippen LogP) is 2.37. The van der Waals surface area contributed by atoms with Crippen molar-refractivity contribution in [1.29, 1.82) is 0 Å². The van der Waals surface area contributed by atoms with Gasteiger partial charge in [0.25, 0.3) is 0 Å². The molecule has 0 radical (unpaired) electrons. The quantitative estimate of drug-likeness (QED) is 0.633. The van der Waals surface area contributed by atoms with E-state index in [4.69, 9.17) is 6.42 Å². The SMILES string of the molecule is C#CC(C)c1ncc2ccccc2n1. The van der Waals surface area contributed by atoms with E-state index in [1.807, 2.05) is 37.4 Å². The largest absolute Gasteiger partial charge is 0.239 e. The van der Waals surface area contributed by atoms with Crippen LogP contribution in [0.4, 0.5) is 0 Å². The highest BCUT2D eigenvalue weighted by Crippen LogP contribution is 2.14. The number of terminal acetylenes is 1. The normalized spacial score (nSPS) is 12.3. The summed E-state index contributed by atoms with van der Waals surface area (Å²) < 4.78 is 0. The van der Waals surface area contributed by atoms with Gasteiger partial charge >= 0.3 is 0 Å². The lowest BCUT2D eigenvalue weighted by molar-refractivity contribution is 0.880. The molecular formula is C12H10N2. The average molecular weight is 182 g/mol. The Morgan fingerprint density at radius 1 is 1.36 bits per heavy atom. The summed E-state index contributed by atoms with van der Waals surface area (Å²) in [6, 6.07) is 7.87. The number of benzene rings is 1. The molecule has 0 amide bonds. The maximum absolute atomic E-state index is 5.32. The summed E-state index contributed by atoms with van der Waals surface area (Å²) in [5.74, 6) is 3.31. The van der Waals surface area contributed by atoms with E-state index in [0.717, 1.165) is 10.9 Å². The fraction of sp³-hybridized carbons (Fsp3) is 0.167. The Kier molecular flexibility index (Phi) is 2.16. The first kappa shape index (κ1) is 8.71. The van der Waals surface area contributed by atoms with Crippen molar-refractivity contribution < 1.29 is 0 Å². The second-order valence-electron chi connectivity index (χ2n) is 3.18. The molecule has 0 spiro atoms. The molecule has 1 heterocycles. The summed E-state index contributed by atoms with van der Waals surface area (Å²) in [6.45, 7) is 1.92. The van der Waals surface area contributed by atoms with Crippen LogP contribution in [0.2, 0.25) is 0 Å². The van der Waals surface area contributed by atoms with Gasteiger partial charge in [0.1, 0.15) is 5.82 Å². The minimum Gasteiger partial charge on any atom is -0.239 e. The van der Waals surface area contributed by atoms with Crippen LogP contribution in [-0.4, -0.2) is 9.97 Å². The van der Waals surface area contributed by atoms with E-state index in [9.17, 15) is 0 Å². The van der Waals surface area contributed by atoms with Crippen molar-refractivity contribution in [1.82, 2.24) is 9.97 Å². The van der Waals surface area contributed by atoms with Gasteiger partial charge in [0.2, 0.25) is 0 Å². The van der Waals surface area contributed by atoms with E-state index < -0.39 is 0 Å². The van der Waals surface area contributed by atoms with Crippen molar-refractivity contribution in [2.24, 2.45) is 0 Å². The van der Waals surface area contributed by atoms with Gasteiger partial charge in [-0.05, 0) is 13.0 Å². The summed E-state index contributed by atoms with van der Waals surface area (Å²) in [5.41, 5.74) is 0.944. The molecule has 2 rings (SSSR count). The fourth-order valence-corrected chi connectivity index (χ4v) is 1.27. The topological polar surface area (TPSA) is 25.8 Å². The summed E-state index contributed by atoms with van der Waals surface area (Å²) in [6.07, 6.45) is 7.13. The lowest BCUT2D eigenvalue weighted by atomic mass is 10.1. The molecule has 0 aliphatic rings. The molecular weight excluding hydrogens is 172 g/mol. The molecule has 0 aliphatic heterocycles. The maximum atomic E-state index is 5.32. The number of aromatic nitrogens is 2. The Morgan fingerprint density at radius 2 is 2.14 bits per heavy atom. The Hall–Kier alpha value is -1.88. The van der Waals surface area contributed by atoms with Gasteiger partial charge in [-0.1, -0.05) is 24.1 Å². The van der Waals surface area contributed by atoms with Gasteiger partial charge in [0, 0.05) is 11.6 Å². The van der Waals surface area contributed by atoms with Crippen molar-refractivity contribution in [3.8, 4) is 12.3 Å². The minimum atomic E-state index is -0.0281. The zero-order valence-electron chi connectivity index (χ0n) is 7.94. The highest BCUT2D eigenvalue weighted by atomic mass is 14.9. The third-order valence-corrected chi connectivity index (χ3v) is 2.14. The lowest BCUT2D eigenvalue weighted by Crippen LogP contribution is -1.98. The zero-order valence-corrected chi connectivity index (χ0v) is 7.94. The number of hydrogen-bond donors (Lipinski definition) is 0. The second-order valence-corrected chi connectivity index (χ2v) is 3.18. The van der Waals surface area contributed by atoms with E-state index in [1.165, 1.54) is 0 Å². The molecule has 0 N–H and O–H groups in total. The number of hydrogen-bond acceptors (Lipinski definition) is 2. The number of fused-ring (bicyclic) bond motifs is 1. The predicted molar refractivity (Wildman–Crippen MR) is 56.8 cm³/mol. The van der Waals surface area contributed by atoms with Crippen LogP contribution in [0, 0.1) is 12.3 Å². The van der Waals surface area contributed by atoms with E-state index in [1.54, 1.807) is 0 Å². The van der Waals surface area contributed by atoms with Gasteiger partial charge in [-0.3, -0.25) is 0 Å². The third-order valence-electron chi connectivity index (χ3n) is 2.14. The van der Waals surface area contributed by atoms with Crippen molar-refractivity contribution >= 4 is 10.9 Å². The highest BCUT2D eigenvalue weighted by Gasteiger charge is 2.05. The number of nitrogens with zero attached hydrogens (tertiary/aromatic N) is 2. The van der Waals surface area contributed by atoms with Crippen LogP contribution < -0.4 is 0 Å². The molecule has 2 heteroatoms. The van der Waals surface area contributed by atoms with Crippen LogP contribution >= 0.6 is 0 Å².